The first kappa shape index (κ1) is 11.5. The molecule has 3 aliphatic rings. The first-order valence-electron chi connectivity index (χ1n) is 6.88. The summed E-state index contributed by atoms with van der Waals surface area (Å²) < 4.78 is 5.80. The van der Waals surface area contributed by atoms with E-state index < -0.39 is 0 Å². The molecular formula is C13H21N3O. The largest absolute Gasteiger partial charge is 0.375 e. The van der Waals surface area contributed by atoms with Crippen molar-refractivity contribution in [3.8, 4) is 6.07 Å². The summed E-state index contributed by atoms with van der Waals surface area (Å²) in [5.74, 6) is 0. The Labute approximate surface area is 103 Å². The minimum Gasteiger partial charge on any atom is -0.375 e. The second kappa shape index (κ2) is 4.93. The Balaban J connectivity index is 1.56. The number of rotatable bonds is 4. The Morgan fingerprint density at radius 3 is 3.00 bits per heavy atom. The average molecular weight is 235 g/mol. The van der Waals surface area contributed by atoms with Crippen LogP contribution in [0.15, 0.2) is 0 Å². The molecule has 4 nitrogen and oxygen atoms in total. The molecule has 3 fully saturated rings. The molecule has 17 heavy (non-hydrogen) atoms. The Morgan fingerprint density at radius 1 is 1.35 bits per heavy atom. The second-order valence-corrected chi connectivity index (χ2v) is 5.53. The lowest BCUT2D eigenvalue weighted by atomic mass is 10.1. The van der Waals surface area contributed by atoms with E-state index in [-0.39, 0.29) is 6.04 Å². The topological polar surface area (TPSA) is 48.3 Å². The fourth-order valence-corrected chi connectivity index (χ4v) is 3.13. The summed E-state index contributed by atoms with van der Waals surface area (Å²) in [6, 6.07) is 3.59. The third-order valence-corrected chi connectivity index (χ3v) is 4.18. The Bertz CT molecular complexity index is 310. The SMILES string of the molecule is N#CC(CN1CCOC2CCCC21)NC1CC1. The molecule has 0 bridgehead atoms. The lowest BCUT2D eigenvalue weighted by Crippen LogP contribution is -2.53. The quantitative estimate of drug-likeness (QED) is 0.786. The number of ether oxygens (including phenoxy) is 1. The van der Waals surface area contributed by atoms with Crippen LogP contribution in [0.2, 0.25) is 0 Å². The zero-order valence-corrected chi connectivity index (χ0v) is 10.3. The predicted molar refractivity (Wildman–Crippen MR) is 64.5 cm³/mol. The molecule has 0 aromatic heterocycles. The average Bonchev–Trinajstić information content (AvgIpc) is 3.03. The van der Waals surface area contributed by atoms with Gasteiger partial charge in [0.25, 0.3) is 0 Å². The van der Waals surface area contributed by atoms with Crippen molar-refractivity contribution in [2.75, 3.05) is 19.7 Å². The van der Waals surface area contributed by atoms with Gasteiger partial charge in [0.05, 0.1) is 18.8 Å². The molecule has 4 heteroatoms. The third-order valence-electron chi connectivity index (χ3n) is 4.18. The van der Waals surface area contributed by atoms with Gasteiger partial charge in [0.1, 0.15) is 6.04 Å². The van der Waals surface area contributed by atoms with Gasteiger partial charge in [-0.05, 0) is 32.1 Å². The Morgan fingerprint density at radius 2 is 2.24 bits per heavy atom. The number of nitriles is 1. The minimum atomic E-state index is 0.00171. The highest BCUT2D eigenvalue weighted by Crippen LogP contribution is 2.29. The van der Waals surface area contributed by atoms with E-state index in [2.05, 4.69) is 16.3 Å². The van der Waals surface area contributed by atoms with Gasteiger partial charge in [0.2, 0.25) is 0 Å². The van der Waals surface area contributed by atoms with Gasteiger partial charge in [-0.25, -0.2) is 0 Å². The standard InChI is InChI=1S/C13H21N3O/c14-8-11(15-10-4-5-10)9-16-6-7-17-13-3-1-2-12(13)16/h10-13,15H,1-7,9H2. The number of hydrogen-bond donors (Lipinski definition) is 1. The lowest BCUT2D eigenvalue weighted by Gasteiger charge is -2.38. The predicted octanol–water partition coefficient (Wildman–Crippen LogP) is 0.884. The van der Waals surface area contributed by atoms with Crippen molar-refractivity contribution in [3.63, 3.8) is 0 Å². The summed E-state index contributed by atoms with van der Waals surface area (Å²) in [7, 11) is 0. The van der Waals surface area contributed by atoms with Gasteiger partial charge in [-0.15, -0.1) is 0 Å². The van der Waals surface area contributed by atoms with Crippen LogP contribution in [0, 0.1) is 11.3 Å². The molecule has 0 aromatic rings. The van der Waals surface area contributed by atoms with E-state index in [1.165, 1.54) is 32.1 Å². The van der Waals surface area contributed by atoms with E-state index in [4.69, 9.17) is 4.74 Å². The van der Waals surface area contributed by atoms with Crippen LogP contribution in [-0.4, -0.2) is 48.8 Å². The molecule has 2 saturated carbocycles. The van der Waals surface area contributed by atoms with Crippen LogP contribution in [0.5, 0.6) is 0 Å². The molecule has 94 valence electrons. The van der Waals surface area contributed by atoms with Crippen LogP contribution >= 0.6 is 0 Å². The summed E-state index contributed by atoms with van der Waals surface area (Å²) in [6.45, 7) is 2.70. The first-order chi connectivity index (χ1) is 8.36. The molecule has 3 unspecified atom stereocenters. The molecule has 1 N–H and O–H groups in total. The van der Waals surface area contributed by atoms with Crippen molar-refractivity contribution < 1.29 is 4.74 Å². The zero-order chi connectivity index (χ0) is 11.7. The van der Waals surface area contributed by atoms with Crippen LogP contribution in [-0.2, 0) is 4.74 Å². The van der Waals surface area contributed by atoms with E-state index in [0.29, 0.717) is 18.2 Å². The fourth-order valence-electron chi connectivity index (χ4n) is 3.13. The van der Waals surface area contributed by atoms with E-state index in [9.17, 15) is 5.26 Å². The van der Waals surface area contributed by atoms with Gasteiger partial charge >= 0.3 is 0 Å². The summed E-state index contributed by atoms with van der Waals surface area (Å²) in [5.41, 5.74) is 0. The molecule has 1 saturated heterocycles. The molecule has 3 rings (SSSR count). The monoisotopic (exact) mass is 235 g/mol. The fraction of sp³-hybridized carbons (Fsp3) is 0.923. The Kier molecular flexibility index (Phi) is 3.32. The van der Waals surface area contributed by atoms with Crippen molar-refractivity contribution in [3.05, 3.63) is 0 Å². The maximum Gasteiger partial charge on any atom is 0.108 e. The van der Waals surface area contributed by atoms with Crippen molar-refractivity contribution in [1.29, 1.82) is 5.26 Å². The Hall–Kier alpha value is -0.630. The van der Waals surface area contributed by atoms with Gasteiger partial charge in [-0.3, -0.25) is 10.2 Å². The normalized spacial score (nSPS) is 35.2. The number of fused-ring (bicyclic) bond motifs is 1. The number of nitrogens with one attached hydrogen (secondary N) is 1. The molecule has 0 aromatic carbocycles. The highest BCUT2D eigenvalue weighted by molar-refractivity contribution is 5.00. The summed E-state index contributed by atoms with van der Waals surface area (Å²) in [5, 5.41) is 12.6. The van der Waals surface area contributed by atoms with Crippen molar-refractivity contribution in [2.45, 2.75) is 56.3 Å². The van der Waals surface area contributed by atoms with E-state index >= 15 is 0 Å². The van der Waals surface area contributed by atoms with Crippen molar-refractivity contribution in [2.24, 2.45) is 0 Å². The zero-order valence-electron chi connectivity index (χ0n) is 10.3. The molecular weight excluding hydrogens is 214 g/mol. The van der Waals surface area contributed by atoms with Gasteiger partial charge in [-0.1, -0.05) is 0 Å². The number of morpholine rings is 1. The summed E-state index contributed by atoms with van der Waals surface area (Å²) >= 11 is 0. The highest BCUT2D eigenvalue weighted by atomic mass is 16.5. The summed E-state index contributed by atoms with van der Waals surface area (Å²) in [6.07, 6.45) is 6.64. The van der Waals surface area contributed by atoms with Gasteiger partial charge < -0.3 is 4.74 Å². The third kappa shape index (κ3) is 2.62. The number of nitrogens with zero attached hydrogens (tertiary/aromatic N) is 2. The first-order valence-corrected chi connectivity index (χ1v) is 6.88. The van der Waals surface area contributed by atoms with Crippen LogP contribution in [0.25, 0.3) is 0 Å². The lowest BCUT2D eigenvalue weighted by molar-refractivity contribution is -0.0566. The van der Waals surface area contributed by atoms with Crippen molar-refractivity contribution >= 4 is 0 Å². The second-order valence-electron chi connectivity index (χ2n) is 5.53. The maximum atomic E-state index is 9.20. The maximum absolute atomic E-state index is 9.20. The van der Waals surface area contributed by atoms with Crippen LogP contribution in [0.1, 0.15) is 32.1 Å². The molecule has 1 aliphatic heterocycles. The molecule has 3 atom stereocenters. The van der Waals surface area contributed by atoms with Crippen LogP contribution in [0.3, 0.4) is 0 Å². The van der Waals surface area contributed by atoms with E-state index in [1.54, 1.807) is 0 Å². The number of hydrogen-bond acceptors (Lipinski definition) is 4. The van der Waals surface area contributed by atoms with Crippen molar-refractivity contribution in [1.82, 2.24) is 10.2 Å². The molecule has 0 amide bonds. The van der Waals surface area contributed by atoms with Gasteiger partial charge in [0.15, 0.2) is 0 Å². The van der Waals surface area contributed by atoms with Gasteiger partial charge in [-0.2, -0.15) is 5.26 Å². The molecule has 2 aliphatic carbocycles. The summed E-state index contributed by atoms with van der Waals surface area (Å²) in [4.78, 5) is 2.48. The highest BCUT2D eigenvalue weighted by Gasteiger charge is 2.37. The molecule has 1 heterocycles. The molecule has 0 radical (unpaired) electrons. The smallest absolute Gasteiger partial charge is 0.108 e. The van der Waals surface area contributed by atoms with Gasteiger partial charge in [0, 0.05) is 25.2 Å². The van der Waals surface area contributed by atoms with E-state index in [1.807, 2.05) is 0 Å². The molecule has 0 spiro atoms. The minimum absolute atomic E-state index is 0.00171. The van der Waals surface area contributed by atoms with Crippen LogP contribution in [0.4, 0.5) is 0 Å². The van der Waals surface area contributed by atoms with E-state index in [0.717, 1.165) is 19.7 Å². The van der Waals surface area contributed by atoms with Crippen LogP contribution < -0.4 is 5.32 Å².